The van der Waals surface area contributed by atoms with Gasteiger partial charge in [0.25, 0.3) is 0 Å². The molecule has 0 fully saturated rings. The molecule has 3 rings (SSSR count). The van der Waals surface area contributed by atoms with E-state index in [4.69, 9.17) is 9.47 Å². The number of hydrogen-bond acceptors (Lipinski definition) is 3. The van der Waals surface area contributed by atoms with Crippen LogP contribution in [0.15, 0.2) is 72.8 Å². The van der Waals surface area contributed by atoms with Gasteiger partial charge in [0.2, 0.25) is 0 Å². The van der Waals surface area contributed by atoms with Crippen LogP contribution in [0, 0.1) is 13.8 Å². The Labute approximate surface area is 174 Å². The zero-order chi connectivity index (χ0) is 20.5. The number of nitrogens with one attached hydrogen (secondary N) is 1. The van der Waals surface area contributed by atoms with E-state index in [1.165, 1.54) is 11.1 Å². The van der Waals surface area contributed by atoms with Crippen molar-refractivity contribution < 1.29 is 9.47 Å². The summed E-state index contributed by atoms with van der Waals surface area (Å²) in [5, 5.41) is 3.43. The van der Waals surface area contributed by atoms with Crippen LogP contribution in [0.1, 0.15) is 30.0 Å². The van der Waals surface area contributed by atoms with Crippen LogP contribution in [-0.2, 0) is 6.42 Å². The van der Waals surface area contributed by atoms with Gasteiger partial charge in [0.15, 0.2) is 0 Å². The van der Waals surface area contributed by atoms with E-state index in [2.05, 4.69) is 80.7 Å². The standard InChI is InChI=1S/C26H31NO2/c1-20-11-12-21(2)26(18-20)29-22(3)19-27-24-13-15-25(16-14-24)28-17-7-10-23-8-5-4-6-9-23/h4-6,8-9,11-16,18,22,27H,7,10,17,19H2,1-3H3. The van der Waals surface area contributed by atoms with Crippen LogP contribution in [-0.4, -0.2) is 19.3 Å². The predicted octanol–water partition coefficient (Wildman–Crippen LogP) is 6.19. The molecule has 0 saturated carbocycles. The van der Waals surface area contributed by atoms with Gasteiger partial charge in [-0.2, -0.15) is 0 Å². The lowest BCUT2D eigenvalue weighted by atomic mass is 10.1. The number of ether oxygens (including phenoxy) is 2. The van der Waals surface area contributed by atoms with Crippen molar-refractivity contribution in [2.75, 3.05) is 18.5 Å². The predicted molar refractivity (Wildman–Crippen MR) is 121 cm³/mol. The fourth-order valence-corrected chi connectivity index (χ4v) is 3.13. The minimum atomic E-state index is 0.0735. The molecule has 0 amide bonds. The third-order valence-corrected chi connectivity index (χ3v) is 4.84. The molecule has 3 heteroatoms. The van der Waals surface area contributed by atoms with Crippen molar-refractivity contribution in [1.29, 1.82) is 0 Å². The van der Waals surface area contributed by atoms with Crippen LogP contribution in [0.2, 0.25) is 0 Å². The molecule has 29 heavy (non-hydrogen) atoms. The molecule has 0 aromatic heterocycles. The number of benzene rings is 3. The molecule has 1 unspecified atom stereocenters. The average molecular weight is 390 g/mol. The average Bonchev–Trinajstić information content (AvgIpc) is 2.74. The second-order valence-corrected chi connectivity index (χ2v) is 7.54. The van der Waals surface area contributed by atoms with Crippen molar-refractivity contribution >= 4 is 5.69 Å². The molecule has 3 aromatic rings. The Kier molecular flexibility index (Phi) is 7.57. The van der Waals surface area contributed by atoms with Gasteiger partial charge in [-0.25, -0.2) is 0 Å². The van der Waals surface area contributed by atoms with Gasteiger partial charge in [-0.3, -0.25) is 0 Å². The Morgan fingerprint density at radius 1 is 0.897 bits per heavy atom. The van der Waals surface area contributed by atoms with Crippen LogP contribution in [0.5, 0.6) is 11.5 Å². The quantitative estimate of drug-likeness (QED) is 0.419. The first-order chi connectivity index (χ1) is 14.1. The Morgan fingerprint density at radius 2 is 1.66 bits per heavy atom. The first-order valence-corrected chi connectivity index (χ1v) is 10.3. The largest absolute Gasteiger partial charge is 0.494 e. The maximum Gasteiger partial charge on any atom is 0.122 e. The molecule has 0 radical (unpaired) electrons. The normalized spacial score (nSPS) is 11.7. The minimum Gasteiger partial charge on any atom is -0.494 e. The van der Waals surface area contributed by atoms with Gasteiger partial charge in [-0.05, 0) is 80.6 Å². The monoisotopic (exact) mass is 389 g/mol. The zero-order valence-electron chi connectivity index (χ0n) is 17.7. The van der Waals surface area contributed by atoms with Gasteiger partial charge in [0, 0.05) is 5.69 Å². The van der Waals surface area contributed by atoms with Crippen molar-refractivity contribution in [3.63, 3.8) is 0 Å². The number of rotatable bonds is 10. The molecular weight excluding hydrogens is 358 g/mol. The summed E-state index contributed by atoms with van der Waals surface area (Å²) in [6, 6.07) is 25.0. The van der Waals surface area contributed by atoms with E-state index in [0.717, 1.165) is 48.7 Å². The molecule has 0 spiro atoms. The maximum absolute atomic E-state index is 6.09. The Bertz CT molecular complexity index is 875. The summed E-state index contributed by atoms with van der Waals surface area (Å²) in [6.45, 7) is 7.71. The highest BCUT2D eigenvalue weighted by Gasteiger charge is 2.07. The van der Waals surface area contributed by atoms with Gasteiger partial charge in [0.05, 0.1) is 13.2 Å². The summed E-state index contributed by atoms with van der Waals surface area (Å²) in [4.78, 5) is 0. The SMILES string of the molecule is Cc1ccc(C)c(OC(C)CNc2ccc(OCCCc3ccccc3)cc2)c1. The third kappa shape index (κ3) is 6.86. The minimum absolute atomic E-state index is 0.0735. The number of anilines is 1. The maximum atomic E-state index is 6.09. The van der Waals surface area contributed by atoms with Crippen LogP contribution < -0.4 is 14.8 Å². The topological polar surface area (TPSA) is 30.5 Å². The molecule has 152 valence electrons. The van der Waals surface area contributed by atoms with E-state index in [1.54, 1.807) is 0 Å². The first kappa shape index (κ1) is 20.8. The molecule has 0 aliphatic rings. The van der Waals surface area contributed by atoms with Crippen molar-refractivity contribution in [2.45, 2.75) is 39.7 Å². The van der Waals surface area contributed by atoms with Crippen LogP contribution >= 0.6 is 0 Å². The molecular formula is C26H31NO2. The summed E-state index contributed by atoms with van der Waals surface area (Å²) in [5.74, 6) is 1.86. The molecule has 0 aliphatic heterocycles. The number of hydrogen-bond donors (Lipinski definition) is 1. The van der Waals surface area contributed by atoms with E-state index in [0.29, 0.717) is 0 Å². The number of aryl methyl sites for hydroxylation is 3. The molecule has 0 aliphatic carbocycles. The lowest BCUT2D eigenvalue weighted by molar-refractivity contribution is 0.233. The van der Waals surface area contributed by atoms with Gasteiger partial charge in [-0.15, -0.1) is 0 Å². The fourth-order valence-electron chi connectivity index (χ4n) is 3.13. The van der Waals surface area contributed by atoms with Crippen molar-refractivity contribution in [3.8, 4) is 11.5 Å². The lowest BCUT2D eigenvalue weighted by Gasteiger charge is -2.18. The van der Waals surface area contributed by atoms with Gasteiger partial charge >= 0.3 is 0 Å². The van der Waals surface area contributed by atoms with Gasteiger partial charge < -0.3 is 14.8 Å². The van der Waals surface area contributed by atoms with Crippen molar-refractivity contribution in [2.24, 2.45) is 0 Å². The van der Waals surface area contributed by atoms with Crippen molar-refractivity contribution in [3.05, 3.63) is 89.5 Å². The lowest BCUT2D eigenvalue weighted by Crippen LogP contribution is -2.23. The van der Waals surface area contributed by atoms with E-state index in [-0.39, 0.29) is 6.10 Å². The summed E-state index contributed by atoms with van der Waals surface area (Å²) < 4.78 is 11.9. The first-order valence-electron chi connectivity index (χ1n) is 10.3. The molecule has 0 heterocycles. The second kappa shape index (κ2) is 10.6. The molecule has 0 bridgehead atoms. The van der Waals surface area contributed by atoms with E-state index in [1.807, 2.05) is 18.2 Å². The zero-order valence-corrected chi connectivity index (χ0v) is 17.7. The molecule has 0 saturated heterocycles. The van der Waals surface area contributed by atoms with E-state index >= 15 is 0 Å². The third-order valence-electron chi connectivity index (χ3n) is 4.84. The molecule has 1 atom stereocenters. The summed E-state index contributed by atoms with van der Waals surface area (Å²) >= 11 is 0. The van der Waals surface area contributed by atoms with Crippen LogP contribution in [0.25, 0.3) is 0 Å². The fraction of sp³-hybridized carbons (Fsp3) is 0.308. The smallest absolute Gasteiger partial charge is 0.122 e. The Balaban J connectivity index is 1.39. The Hall–Kier alpha value is -2.94. The molecule has 1 N–H and O–H groups in total. The van der Waals surface area contributed by atoms with Crippen molar-refractivity contribution in [1.82, 2.24) is 0 Å². The second-order valence-electron chi connectivity index (χ2n) is 7.54. The summed E-state index contributed by atoms with van der Waals surface area (Å²) in [5.41, 5.74) is 4.80. The molecule has 3 aromatic carbocycles. The highest BCUT2D eigenvalue weighted by atomic mass is 16.5. The van der Waals surface area contributed by atoms with Crippen LogP contribution in [0.4, 0.5) is 5.69 Å². The Morgan fingerprint density at radius 3 is 2.41 bits per heavy atom. The highest BCUT2D eigenvalue weighted by Crippen LogP contribution is 2.21. The summed E-state index contributed by atoms with van der Waals surface area (Å²) in [7, 11) is 0. The van der Waals surface area contributed by atoms with Crippen LogP contribution in [0.3, 0.4) is 0 Å². The summed E-state index contributed by atoms with van der Waals surface area (Å²) in [6.07, 6.45) is 2.13. The van der Waals surface area contributed by atoms with Gasteiger partial charge in [-0.1, -0.05) is 42.5 Å². The highest BCUT2D eigenvalue weighted by molar-refractivity contribution is 5.46. The van der Waals surface area contributed by atoms with E-state index < -0.39 is 0 Å². The molecule has 3 nitrogen and oxygen atoms in total. The van der Waals surface area contributed by atoms with E-state index in [9.17, 15) is 0 Å². The van der Waals surface area contributed by atoms with Gasteiger partial charge in [0.1, 0.15) is 17.6 Å².